The summed E-state index contributed by atoms with van der Waals surface area (Å²) in [6, 6.07) is 0.735. The first-order chi connectivity index (χ1) is 14.1. The van der Waals surface area contributed by atoms with E-state index in [9.17, 15) is 4.79 Å². The van der Waals surface area contributed by atoms with Gasteiger partial charge in [0.25, 0.3) is 5.91 Å². The van der Waals surface area contributed by atoms with Crippen molar-refractivity contribution in [2.75, 3.05) is 25.0 Å². The molecule has 3 unspecified atom stereocenters. The van der Waals surface area contributed by atoms with Crippen molar-refractivity contribution in [3.8, 4) is 5.88 Å². The molecule has 3 aliphatic heterocycles. The minimum absolute atomic E-state index is 0.0792. The van der Waals surface area contributed by atoms with Crippen LogP contribution in [0.3, 0.4) is 0 Å². The number of hydrogen-bond acceptors (Lipinski definition) is 6. The molecule has 142 valence electrons. The second kappa shape index (κ2) is 5.79. The number of anilines is 1. The Morgan fingerprint density at radius 1 is 1.26 bits per heavy atom. The van der Waals surface area contributed by atoms with Crippen LogP contribution in [0.25, 0.3) is 10.8 Å². The molecule has 7 nitrogen and oxygen atoms in total. The molecule has 2 aromatic rings. The average Bonchev–Trinajstić information content (AvgIpc) is 2.97. The van der Waals surface area contributed by atoms with E-state index in [2.05, 4.69) is 20.5 Å². The number of amides is 1. The predicted octanol–water partition coefficient (Wildman–Crippen LogP) is 1.62. The van der Waals surface area contributed by atoms with Crippen molar-refractivity contribution in [1.29, 1.82) is 0 Å². The van der Waals surface area contributed by atoms with E-state index in [1.807, 2.05) is 13.8 Å². The van der Waals surface area contributed by atoms with E-state index in [0.717, 1.165) is 41.4 Å². The summed E-state index contributed by atoms with van der Waals surface area (Å²) in [4.78, 5) is 24.5. The van der Waals surface area contributed by atoms with E-state index in [4.69, 9.17) is 13.8 Å². The Hall–Kier alpha value is -2.41. The molecule has 5 heterocycles. The summed E-state index contributed by atoms with van der Waals surface area (Å²) in [5, 5.41) is 7.43. The summed E-state index contributed by atoms with van der Waals surface area (Å²) >= 11 is 0. The van der Waals surface area contributed by atoms with Gasteiger partial charge >= 0.3 is 0 Å². The first kappa shape index (κ1) is 13.7. The normalized spacial score (nSPS) is 27.9. The van der Waals surface area contributed by atoms with E-state index in [1.54, 1.807) is 6.92 Å². The topological polar surface area (TPSA) is 79.4 Å². The number of piperazine rings is 1. The van der Waals surface area contributed by atoms with Crippen molar-refractivity contribution in [2.45, 2.75) is 51.7 Å². The zero-order chi connectivity index (χ0) is 21.4. The number of aromatic nitrogens is 2. The lowest BCUT2D eigenvalue weighted by atomic mass is 9.98. The number of carbonyl (C=O) groups is 1. The van der Waals surface area contributed by atoms with Gasteiger partial charge < -0.3 is 20.3 Å². The van der Waals surface area contributed by atoms with Gasteiger partial charge in [0.15, 0.2) is 0 Å². The maximum absolute atomic E-state index is 12.9. The summed E-state index contributed by atoms with van der Waals surface area (Å²) < 4.78 is 28.5. The Balaban J connectivity index is 1.77. The summed E-state index contributed by atoms with van der Waals surface area (Å²) in [7, 11) is 0. The third kappa shape index (κ3) is 2.27. The lowest BCUT2D eigenvalue weighted by molar-refractivity contribution is 0.0957. The number of ether oxygens (including phenoxy) is 1. The second-order valence-corrected chi connectivity index (χ2v) is 7.82. The highest BCUT2D eigenvalue weighted by atomic mass is 16.5. The smallest absolute Gasteiger partial charge is 0.270 e. The molecular weight excluding hydrogens is 342 g/mol. The van der Waals surface area contributed by atoms with Gasteiger partial charge in [0.1, 0.15) is 18.1 Å². The van der Waals surface area contributed by atoms with Crippen LogP contribution in [0.2, 0.25) is 0 Å². The van der Waals surface area contributed by atoms with Crippen LogP contribution < -0.4 is 20.3 Å². The number of nitrogens with one attached hydrogen (secondary N) is 2. The predicted molar refractivity (Wildman–Crippen MR) is 104 cm³/mol. The van der Waals surface area contributed by atoms with Gasteiger partial charge in [-0.15, -0.1) is 0 Å². The van der Waals surface area contributed by atoms with Gasteiger partial charge in [-0.25, -0.2) is 9.97 Å². The van der Waals surface area contributed by atoms with Crippen LogP contribution in [-0.4, -0.2) is 54.1 Å². The van der Waals surface area contributed by atoms with Gasteiger partial charge in [0.2, 0.25) is 5.88 Å². The van der Waals surface area contributed by atoms with Crippen LogP contribution in [0, 0.1) is 20.8 Å². The van der Waals surface area contributed by atoms with Crippen molar-refractivity contribution >= 4 is 22.5 Å². The summed E-state index contributed by atoms with van der Waals surface area (Å²) in [6.07, 6.45) is 2.16. The Morgan fingerprint density at radius 3 is 2.93 bits per heavy atom. The molecule has 0 spiro atoms. The Bertz CT molecular complexity index is 1070. The standard InChI is InChI=1S/C20H25N5O2/c1-9-11(3)22-20-16-15(9)10(2)17(19(26)21-4)24-18(16)25-7-12-5-6-13(23-12)14(25)8-27-20/h12-14,23H,5-8H2,1-4H3,(H,21,26)/i4D3. The molecule has 3 atom stereocenters. The van der Waals surface area contributed by atoms with Crippen molar-refractivity contribution in [1.82, 2.24) is 20.6 Å². The monoisotopic (exact) mass is 370 g/mol. The maximum Gasteiger partial charge on any atom is 0.270 e. The molecule has 2 saturated heterocycles. The number of hydrogen-bond donors (Lipinski definition) is 2. The van der Waals surface area contributed by atoms with Crippen molar-refractivity contribution < 1.29 is 13.6 Å². The molecule has 2 aromatic heterocycles. The first-order valence-electron chi connectivity index (χ1n) is 10.9. The molecule has 7 heteroatoms. The SMILES string of the molecule is [2H]C([2H])([2H])NC(=O)c1nc2c3c(nc(C)c(C)c3c1C)OCC1C3CCC(CN21)N3. The zero-order valence-corrected chi connectivity index (χ0v) is 15.7. The minimum atomic E-state index is -2.58. The van der Waals surface area contributed by atoms with E-state index in [1.165, 1.54) is 0 Å². The molecule has 3 aliphatic rings. The van der Waals surface area contributed by atoms with Gasteiger partial charge in [0, 0.05) is 40.8 Å². The Morgan fingerprint density at radius 2 is 2.11 bits per heavy atom. The lowest BCUT2D eigenvalue weighted by Crippen LogP contribution is -2.60. The third-order valence-corrected chi connectivity index (χ3v) is 6.37. The Kier molecular flexibility index (Phi) is 2.94. The molecule has 2 N–H and O–H groups in total. The molecule has 0 saturated carbocycles. The molecule has 1 amide bonds. The van der Waals surface area contributed by atoms with Gasteiger partial charge in [-0.3, -0.25) is 4.79 Å². The van der Waals surface area contributed by atoms with Crippen LogP contribution in [0.5, 0.6) is 5.88 Å². The fourth-order valence-corrected chi connectivity index (χ4v) is 4.90. The summed E-state index contributed by atoms with van der Waals surface area (Å²) in [5.41, 5.74) is 2.54. The first-order valence-corrected chi connectivity index (χ1v) is 9.43. The number of nitrogens with zero attached hydrogens (tertiary/aromatic N) is 3. The number of pyridine rings is 2. The quantitative estimate of drug-likeness (QED) is 0.794. The number of carbonyl (C=O) groups excluding carboxylic acids is 1. The number of aryl methyl sites for hydroxylation is 3. The fraction of sp³-hybridized carbons (Fsp3) is 0.550. The Labute approximate surface area is 162 Å². The largest absolute Gasteiger partial charge is 0.475 e. The van der Waals surface area contributed by atoms with Crippen molar-refractivity contribution in [3.05, 3.63) is 22.5 Å². The molecule has 27 heavy (non-hydrogen) atoms. The van der Waals surface area contributed by atoms with E-state index in [-0.39, 0.29) is 17.8 Å². The molecule has 2 fully saturated rings. The van der Waals surface area contributed by atoms with Gasteiger partial charge in [-0.1, -0.05) is 0 Å². The van der Waals surface area contributed by atoms with Gasteiger partial charge in [0.05, 0.1) is 11.4 Å². The van der Waals surface area contributed by atoms with Crippen LogP contribution >= 0.6 is 0 Å². The third-order valence-electron chi connectivity index (χ3n) is 6.37. The van der Waals surface area contributed by atoms with Crippen molar-refractivity contribution in [2.24, 2.45) is 0 Å². The molecule has 0 radical (unpaired) electrons. The molecule has 5 rings (SSSR count). The molecular formula is C20H25N5O2. The van der Waals surface area contributed by atoms with Gasteiger partial charge in [-0.05, 0) is 44.7 Å². The summed E-state index contributed by atoms with van der Waals surface area (Å²) in [6.45, 7) is 4.36. The van der Waals surface area contributed by atoms with E-state index < -0.39 is 12.9 Å². The lowest BCUT2D eigenvalue weighted by Gasteiger charge is -2.40. The molecule has 0 aliphatic carbocycles. The molecule has 2 bridgehead atoms. The molecule has 0 aromatic carbocycles. The number of rotatable bonds is 1. The summed E-state index contributed by atoms with van der Waals surface area (Å²) in [5.74, 6) is 0.505. The van der Waals surface area contributed by atoms with Crippen LogP contribution in [0.15, 0.2) is 0 Å². The number of fused-ring (bicyclic) bond motifs is 5. The highest BCUT2D eigenvalue weighted by Gasteiger charge is 2.43. The van der Waals surface area contributed by atoms with E-state index >= 15 is 0 Å². The van der Waals surface area contributed by atoms with Crippen LogP contribution in [0.4, 0.5) is 5.82 Å². The van der Waals surface area contributed by atoms with Crippen LogP contribution in [-0.2, 0) is 0 Å². The highest BCUT2D eigenvalue weighted by molar-refractivity contribution is 6.06. The average molecular weight is 370 g/mol. The second-order valence-electron chi connectivity index (χ2n) is 7.82. The zero-order valence-electron chi connectivity index (χ0n) is 18.7. The van der Waals surface area contributed by atoms with E-state index in [0.29, 0.717) is 29.9 Å². The minimum Gasteiger partial charge on any atom is -0.475 e. The fourth-order valence-electron chi connectivity index (χ4n) is 4.90. The highest BCUT2D eigenvalue weighted by Crippen LogP contribution is 2.42. The van der Waals surface area contributed by atoms with Crippen LogP contribution in [0.1, 0.15) is 44.3 Å². The van der Waals surface area contributed by atoms with Crippen molar-refractivity contribution in [3.63, 3.8) is 0 Å². The van der Waals surface area contributed by atoms with Gasteiger partial charge in [-0.2, -0.15) is 0 Å². The maximum atomic E-state index is 12.9.